The first-order chi connectivity index (χ1) is 16.2. The van der Waals surface area contributed by atoms with Gasteiger partial charge in [0.1, 0.15) is 18.3 Å². The van der Waals surface area contributed by atoms with Crippen LogP contribution in [0, 0.1) is 0 Å². The zero-order valence-corrected chi connectivity index (χ0v) is 20.5. The van der Waals surface area contributed by atoms with Crippen molar-refractivity contribution < 1.29 is 24.1 Å². The summed E-state index contributed by atoms with van der Waals surface area (Å²) in [7, 11) is 0. The van der Waals surface area contributed by atoms with E-state index in [1.54, 1.807) is 0 Å². The highest BCUT2D eigenvalue weighted by Gasteiger charge is 2.46. The molecule has 1 heterocycles. The van der Waals surface area contributed by atoms with Crippen LogP contribution in [-0.4, -0.2) is 40.2 Å². The molecule has 0 aliphatic carbocycles. The molecule has 0 bridgehead atoms. The first kappa shape index (κ1) is 24.3. The Morgan fingerprint density at radius 2 is 1.12 bits per heavy atom. The van der Waals surface area contributed by atoms with Crippen molar-refractivity contribution in [1.82, 2.24) is 0 Å². The minimum atomic E-state index is -0.965. The Balaban J connectivity index is 1.46. The van der Waals surface area contributed by atoms with Gasteiger partial charge in [0.25, 0.3) is 0 Å². The van der Waals surface area contributed by atoms with E-state index in [1.807, 2.05) is 91.0 Å². The molecule has 1 N–H and O–H groups in total. The van der Waals surface area contributed by atoms with Crippen molar-refractivity contribution in [3.8, 4) is 0 Å². The van der Waals surface area contributed by atoms with Gasteiger partial charge in [0.2, 0.25) is 0 Å². The molecule has 0 radical (unpaired) electrons. The maximum absolute atomic E-state index is 10.6. The van der Waals surface area contributed by atoms with Crippen LogP contribution in [0.25, 0.3) is 0 Å². The lowest BCUT2D eigenvalue weighted by Gasteiger charge is -2.42. The molecular formula is C27H29IO5. The Hall–Kier alpha value is -1.81. The number of ether oxygens (including phenoxy) is 4. The maximum Gasteiger partial charge on any atom is 0.169 e. The average molecular weight is 560 g/mol. The molecule has 0 amide bonds. The van der Waals surface area contributed by atoms with E-state index in [2.05, 4.69) is 22.6 Å². The van der Waals surface area contributed by atoms with Gasteiger partial charge in [0.15, 0.2) is 6.29 Å². The molecule has 0 aromatic heterocycles. The van der Waals surface area contributed by atoms with Crippen molar-refractivity contribution in [2.75, 3.05) is 6.61 Å². The Labute approximate surface area is 208 Å². The molecule has 5 unspecified atom stereocenters. The Bertz CT molecular complexity index is 941. The smallest absolute Gasteiger partial charge is 0.169 e. The van der Waals surface area contributed by atoms with Crippen LogP contribution in [-0.2, 0) is 38.8 Å². The van der Waals surface area contributed by atoms with Crippen molar-refractivity contribution in [2.45, 2.75) is 48.3 Å². The highest BCUT2D eigenvalue weighted by Crippen LogP contribution is 2.31. The van der Waals surface area contributed by atoms with Crippen LogP contribution in [0.4, 0.5) is 0 Å². The van der Waals surface area contributed by atoms with Crippen LogP contribution in [0.15, 0.2) is 91.0 Å². The minimum absolute atomic E-state index is 0.280. The van der Waals surface area contributed by atoms with Gasteiger partial charge in [-0.2, -0.15) is 0 Å². The van der Waals surface area contributed by atoms with Crippen molar-refractivity contribution in [3.05, 3.63) is 108 Å². The van der Waals surface area contributed by atoms with E-state index in [9.17, 15) is 5.11 Å². The molecule has 6 heteroatoms. The molecule has 1 fully saturated rings. The summed E-state index contributed by atoms with van der Waals surface area (Å²) < 4.78 is 24.3. The average Bonchev–Trinajstić information content (AvgIpc) is 2.86. The number of rotatable bonds is 10. The fourth-order valence-corrected chi connectivity index (χ4v) is 4.60. The van der Waals surface area contributed by atoms with Crippen molar-refractivity contribution in [2.24, 2.45) is 0 Å². The second kappa shape index (κ2) is 12.6. The Morgan fingerprint density at radius 1 is 0.667 bits per heavy atom. The van der Waals surface area contributed by atoms with Crippen LogP contribution in [0.1, 0.15) is 16.7 Å². The first-order valence-corrected chi connectivity index (χ1v) is 12.4. The van der Waals surface area contributed by atoms with E-state index in [0.717, 1.165) is 16.7 Å². The second-order valence-corrected chi connectivity index (χ2v) is 9.47. The van der Waals surface area contributed by atoms with Gasteiger partial charge in [-0.3, -0.25) is 0 Å². The standard InChI is InChI=1S/C27H29IO5/c28-24-26(32-18-22-14-8-3-9-15-22)25(31-17-21-12-6-2-7-13-21)23(33-27(24)29)19-30-16-20-10-4-1-5-11-20/h1-15,23-27,29H,16-19H2. The number of alkyl halides is 1. The number of hydrogen-bond acceptors (Lipinski definition) is 5. The van der Waals surface area contributed by atoms with Gasteiger partial charge in [0.05, 0.1) is 30.4 Å². The zero-order valence-electron chi connectivity index (χ0n) is 18.3. The minimum Gasteiger partial charge on any atom is -0.374 e. The summed E-state index contributed by atoms with van der Waals surface area (Å²) in [5.74, 6) is 0. The molecule has 174 valence electrons. The maximum atomic E-state index is 10.6. The third-order valence-electron chi connectivity index (χ3n) is 5.55. The fourth-order valence-electron chi connectivity index (χ4n) is 3.81. The van der Waals surface area contributed by atoms with Gasteiger partial charge >= 0.3 is 0 Å². The number of aliphatic hydroxyl groups excluding tert-OH is 1. The summed E-state index contributed by atoms with van der Waals surface area (Å²) in [6.07, 6.45) is -2.17. The topological polar surface area (TPSA) is 57.2 Å². The Morgan fingerprint density at radius 3 is 1.64 bits per heavy atom. The van der Waals surface area contributed by atoms with E-state index in [0.29, 0.717) is 26.4 Å². The third-order valence-corrected chi connectivity index (χ3v) is 6.88. The van der Waals surface area contributed by atoms with Gasteiger partial charge in [-0.05, 0) is 16.7 Å². The molecule has 5 nitrogen and oxygen atoms in total. The molecule has 4 rings (SSSR count). The predicted octanol–water partition coefficient (Wildman–Crippen LogP) is 4.89. The van der Waals surface area contributed by atoms with E-state index in [-0.39, 0.29) is 10.0 Å². The summed E-state index contributed by atoms with van der Waals surface area (Å²) in [5.41, 5.74) is 3.22. The molecule has 1 aliphatic rings. The number of halogens is 1. The molecular weight excluding hydrogens is 531 g/mol. The van der Waals surface area contributed by atoms with E-state index in [4.69, 9.17) is 18.9 Å². The molecule has 1 saturated heterocycles. The lowest BCUT2D eigenvalue weighted by molar-refractivity contribution is -0.258. The summed E-state index contributed by atoms with van der Waals surface area (Å²) in [5, 5.41) is 10.6. The largest absolute Gasteiger partial charge is 0.374 e. The van der Waals surface area contributed by atoms with Gasteiger partial charge in [-0.15, -0.1) is 0 Å². The van der Waals surface area contributed by atoms with Gasteiger partial charge in [-0.1, -0.05) is 114 Å². The van der Waals surface area contributed by atoms with Crippen LogP contribution >= 0.6 is 22.6 Å². The van der Waals surface area contributed by atoms with Crippen LogP contribution in [0.3, 0.4) is 0 Å². The summed E-state index contributed by atoms with van der Waals surface area (Å²) in [6.45, 7) is 1.61. The lowest BCUT2D eigenvalue weighted by Crippen LogP contribution is -2.58. The van der Waals surface area contributed by atoms with Gasteiger partial charge in [0, 0.05) is 0 Å². The van der Waals surface area contributed by atoms with Gasteiger partial charge < -0.3 is 24.1 Å². The van der Waals surface area contributed by atoms with Crippen molar-refractivity contribution >= 4 is 22.6 Å². The van der Waals surface area contributed by atoms with Gasteiger partial charge in [-0.25, -0.2) is 0 Å². The zero-order chi connectivity index (χ0) is 22.9. The number of aliphatic hydroxyl groups is 1. The number of hydrogen-bond donors (Lipinski definition) is 1. The SMILES string of the molecule is OC1OC(COCc2ccccc2)C(OCc2ccccc2)C(OCc2ccccc2)C1I. The monoisotopic (exact) mass is 560 g/mol. The van der Waals surface area contributed by atoms with E-state index < -0.39 is 18.5 Å². The first-order valence-electron chi connectivity index (χ1n) is 11.1. The lowest BCUT2D eigenvalue weighted by atomic mass is 10.0. The quantitative estimate of drug-likeness (QED) is 0.283. The van der Waals surface area contributed by atoms with E-state index in [1.165, 1.54) is 0 Å². The van der Waals surface area contributed by atoms with Crippen LogP contribution < -0.4 is 0 Å². The third kappa shape index (κ3) is 7.09. The molecule has 3 aromatic rings. The molecule has 0 spiro atoms. The highest BCUT2D eigenvalue weighted by molar-refractivity contribution is 14.1. The predicted molar refractivity (Wildman–Crippen MR) is 135 cm³/mol. The van der Waals surface area contributed by atoms with E-state index >= 15 is 0 Å². The molecule has 5 atom stereocenters. The fraction of sp³-hybridized carbons (Fsp3) is 0.333. The normalized spacial score (nSPS) is 25.1. The molecule has 0 saturated carbocycles. The van der Waals surface area contributed by atoms with Crippen LogP contribution in [0.2, 0.25) is 0 Å². The highest BCUT2D eigenvalue weighted by atomic mass is 127. The molecule has 3 aromatic carbocycles. The second-order valence-electron chi connectivity index (χ2n) is 8.03. The van der Waals surface area contributed by atoms with Crippen LogP contribution in [0.5, 0.6) is 0 Å². The summed E-state index contributed by atoms with van der Waals surface area (Å²) in [4.78, 5) is 0. The van der Waals surface area contributed by atoms with Crippen molar-refractivity contribution in [3.63, 3.8) is 0 Å². The van der Waals surface area contributed by atoms with Crippen molar-refractivity contribution in [1.29, 1.82) is 0 Å². The Kier molecular flexibility index (Phi) is 9.28. The summed E-state index contributed by atoms with van der Waals surface area (Å²) >= 11 is 2.19. The number of benzene rings is 3. The summed E-state index contributed by atoms with van der Waals surface area (Å²) in [6, 6.07) is 30.0. The molecule has 1 aliphatic heterocycles. The molecule has 33 heavy (non-hydrogen) atoms.